The zero-order chi connectivity index (χ0) is 14.3. The van der Waals surface area contributed by atoms with Gasteiger partial charge < -0.3 is 9.51 Å². The highest BCUT2D eigenvalue weighted by Gasteiger charge is 2.15. The van der Waals surface area contributed by atoms with E-state index in [9.17, 15) is 13.6 Å². The number of halogens is 2. The third-order valence-electron chi connectivity index (χ3n) is 2.74. The van der Waals surface area contributed by atoms with Gasteiger partial charge >= 0.3 is 5.97 Å². The van der Waals surface area contributed by atoms with Crippen LogP contribution in [0.5, 0.6) is 0 Å². The van der Waals surface area contributed by atoms with Gasteiger partial charge in [-0.1, -0.05) is 0 Å². The third-order valence-corrected chi connectivity index (χ3v) is 2.74. The minimum atomic E-state index is -1.22. The van der Waals surface area contributed by atoms with Crippen LogP contribution in [0.4, 0.5) is 8.78 Å². The molecule has 0 aliphatic heterocycles. The van der Waals surface area contributed by atoms with Gasteiger partial charge in [-0.15, -0.1) is 0 Å². The highest BCUT2D eigenvalue weighted by Crippen LogP contribution is 2.22. The molecule has 0 aliphatic rings. The van der Waals surface area contributed by atoms with E-state index in [0.29, 0.717) is 0 Å². The van der Waals surface area contributed by atoms with Gasteiger partial charge in [0.05, 0.1) is 5.69 Å². The summed E-state index contributed by atoms with van der Waals surface area (Å²) < 4.78 is 27.8. The van der Waals surface area contributed by atoms with Crippen LogP contribution in [0, 0.1) is 11.6 Å². The Hall–Kier alpha value is -2.83. The Labute approximate surface area is 111 Å². The molecule has 0 amide bonds. The van der Waals surface area contributed by atoms with Gasteiger partial charge in [0.15, 0.2) is 11.3 Å². The minimum Gasteiger partial charge on any atom is -0.476 e. The molecule has 100 valence electrons. The number of fused-ring (bicyclic) bond motifs is 1. The summed E-state index contributed by atoms with van der Waals surface area (Å²) in [5.41, 5.74) is 0.372. The van der Waals surface area contributed by atoms with E-state index in [2.05, 4.69) is 9.97 Å². The maximum Gasteiger partial charge on any atom is 0.358 e. The zero-order valence-electron chi connectivity index (χ0n) is 9.92. The number of imidazole rings is 1. The summed E-state index contributed by atoms with van der Waals surface area (Å²) in [6.07, 6.45) is 4.31. The van der Waals surface area contributed by atoms with Gasteiger partial charge in [-0.25, -0.2) is 23.5 Å². The van der Waals surface area contributed by atoms with Gasteiger partial charge in [0, 0.05) is 30.2 Å². The predicted octanol–water partition coefficient (Wildman–Crippen LogP) is 2.37. The Morgan fingerprint density at radius 2 is 1.90 bits per heavy atom. The number of aromatic carboxylic acids is 1. The average molecular weight is 275 g/mol. The molecule has 0 aliphatic carbocycles. The SMILES string of the molecule is O=C(O)c1nccn2cc(-c3cc(F)cc(F)c3)nc12. The maximum absolute atomic E-state index is 13.2. The molecule has 1 N–H and O–H groups in total. The molecule has 0 atom stereocenters. The van der Waals surface area contributed by atoms with Crippen LogP contribution >= 0.6 is 0 Å². The number of nitrogens with zero attached hydrogens (tertiary/aromatic N) is 3. The Kier molecular flexibility index (Phi) is 2.67. The molecule has 0 bridgehead atoms. The molecular weight excluding hydrogens is 268 g/mol. The van der Waals surface area contributed by atoms with Gasteiger partial charge in [-0.3, -0.25) is 0 Å². The van der Waals surface area contributed by atoms with Gasteiger partial charge in [0.1, 0.15) is 11.6 Å². The van der Waals surface area contributed by atoms with Crippen molar-refractivity contribution in [3.05, 3.63) is 54.1 Å². The summed E-state index contributed by atoms with van der Waals surface area (Å²) >= 11 is 0. The van der Waals surface area contributed by atoms with E-state index >= 15 is 0 Å². The lowest BCUT2D eigenvalue weighted by Crippen LogP contribution is -2.03. The van der Waals surface area contributed by atoms with Crippen LogP contribution in [-0.4, -0.2) is 25.4 Å². The molecule has 2 heterocycles. The smallest absolute Gasteiger partial charge is 0.358 e. The molecule has 0 fully saturated rings. The van der Waals surface area contributed by atoms with Crippen LogP contribution in [0.3, 0.4) is 0 Å². The maximum atomic E-state index is 13.2. The van der Waals surface area contributed by atoms with Gasteiger partial charge in [-0.2, -0.15) is 0 Å². The van der Waals surface area contributed by atoms with Crippen molar-refractivity contribution in [2.45, 2.75) is 0 Å². The molecule has 0 saturated heterocycles. The summed E-state index contributed by atoms with van der Waals surface area (Å²) in [6, 6.07) is 3.00. The molecular formula is C13H7F2N3O2. The van der Waals surface area contributed by atoms with Gasteiger partial charge in [-0.05, 0) is 12.1 Å². The molecule has 3 rings (SSSR count). The Morgan fingerprint density at radius 1 is 1.20 bits per heavy atom. The molecule has 5 nitrogen and oxygen atoms in total. The number of carboxylic acids is 1. The van der Waals surface area contributed by atoms with E-state index in [-0.39, 0.29) is 22.6 Å². The van der Waals surface area contributed by atoms with Crippen molar-refractivity contribution in [3.8, 4) is 11.3 Å². The molecule has 1 aromatic carbocycles. The number of hydrogen-bond donors (Lipinski definition) is 1. The van der Waals surface area contributed by atoms with Crippen molar-refractivity contribution in [2.75, 3.05) is 0 Å². The van der Waals surface area contributed by atoms with Crippen molar-refractivity contribution in [1.29, 1.82) is 0 Å². The summed E-state index contributed by atoms with van der Waals surface area (Å²) in [7, 11) is 0. The van der Waals surface area contributed by atoms with Crippen molar-refractivity contribution >= 4 is 11.6 Å². The third kappa shape index (κ3) is 1.99. The van der Waals surface area contributed by atoms with Gasteiger partial charge in [0.25, 0.3) is 0 Å². The van der Waals surface area contributed by atoms with E-state index < -0.39 is 17.6 Å². The number of hydrogen-bond acceptors (Lipinski definition) is 3. The zero-order valence-corrected chi connectivity index (χ0v) is 9.92. The first-order valence-electron chi connectivity index (χ1n) is 5.58. The van der Waals surface area contributed by atoms with Crippen LogP contribution in [-0.2, 0) is 0 Å². The molecule has 7 heteroatoms. The van der Waals surface area contributed by atoms with Crippen molar-refractivity contribution < 1.29 is 18.7 Å². The molecule has 0 radical (unpaired) electrons. The van der Waals surface area contributed by atoms with Crippen LogP contribution in [0.15, 0.2) is 36.8 Å². The van der Waals surface area contributed by atoms with E-state index in [1.165, 1.54) is 23.0 Å². The van der Waals surface area contributed by atoms with Crippen LogP contribution in [0.25, 0.3) is 16.9 Å². The fourth-order valence-corrected chi connectivity index (χ4v) is 1.91. The highest BCUT2D eigenvalue weighted by molar-refractivity contribution is 5.92. The quantitative estimate of drug-likeness (QED) is 0.779. The second-order valence-electron chi connectivity index (χ2n) is 4.10. The molecule has 0 saturated carbocycles. The summed E-state index contributed by atoms with van der Waals surface area (Å²) in [5, 5.41) is 9.02. The second-order valence-corrected chi connectivity index (χ2v) is 4.10. The Morgan fingerprint density at radius 3 is 2.55 bits per heavy atom. The summed E-state index contributed by atoms with van der Waals surface area (Å²) in [4.78, 5) is 18.8. The van der Waals surface area contributed by atoms with E-state index in [1.54, 1.807) is 0 Å². The van der Waals surface area contributed by atoms with E-state index in [0.717, 1.165) is 18.2 Å². The predicted molar refractivity (Wildman–Crippen MR) is 65.3 cm³/mol. The Balaban J connectivity index is 2.23. The second kappa shape index (κ2) is 4.37. The number of aromatic nitrogens is 3. The van der Waals surface area contributed by atoms with E-state index in [4.69, 9.17) is 5.11 Å². The highest BCUT2D eigenvalue weighted by atomic mass is 19.1. The lowest BCUT2D eigenvalue weighted by Gasteiger charge is -1.97. The standard InChI is InChI=1S/C13H7F2N3O2/c14-8-3-7(4-9(15)5-8)10-6-18-2-1-16-11(13(19)20)12(18)17-10/h1-6H,(H,19,20). The Bertz CT molecular complexity index is 809. The molecule has 0 unspecified atom stereocenters. The fourth-order valence-electron chi connectivity index (χ4n) is 1.91. The number of carbonyl (C=O) groups is 1. The van der Waals surface area contributed by atoms with Gasteiger partial charge in [0.2, 0.25) is 0 Å². The number of carboxylic acid groups (broad SMARTS) is 1. The summed E-state index contributed by atoms with van der Waals surface area (Å²) in [5.74, 6) is -2.68. The van der Waals surface area contributed by atoms with Crippen molar-refractivity contribution in [1.82, 2.24) is 14.4 Å². The average Bonchev–Trinajstić information content (AvgIpc) is 2.80. The first kappa shape index (κ1) is 12.2. The lowest BCUT2D eigenvalue weighted by atomic mass is 10.1. The first-order valence-corrected chi connectivity index (χ1v) is 5.58. The number of benzene rings is 1. The molecule has 3 aromatic rings. The minimum absolute atomic E-state index is 0.111. The lowest BCUT2D eigenvalue weighted by molar-refractivity contribution is 0.0692. The van der Waals surface area contributed by atoms with Crippen molar-refractivity contribution in [3.63, 3.8) is 0 Å². The molecule has 0 spiro atoms. The normalized spacial score (nSPS) is 10.9. The van der Waals surface area contributed by atoms with Crippen LogP contribution < -0.4 is 0 Å². The van der Waals surface area contributed by atoms with Crippen LogP contribution in [0.1, 0.15) is 10.5 Å². The number of rotatable bonds is 2. The molecule has 20 heavy (non-hydrogen) atoms. The largest absolute Gasteiger partial charge is 0.476 e. The van der Waals surface area contributed by atoms with Crippen LogP contribution in [0.2, 0.25) is 0 Å². The molecule has 2 aromatic heterocycles. The van der Waals surface area contributed by atoms with E-state index in [1.807, 2.05) is 0 Å². The summed E-state index contributed by atoms with van der Waals surface area (Å²) in [6.45, 7) is 0. The monoisotopic (exact) mass is 275 g/mol. The van der Waals surface area contributed by atoms with Crippen molar-refractivity contribution in [2.24, 2.45) is 0 Å². The topological polar surface area (TPSA) is 67.5 Å². The fraction of sp³-hybridized carbons (Fsp3) is 0. The first-order chi connectivity index (χ1) is 9.54.